The van der Waals surface area contributed by atoms with E-state index in [-0.39, 0.29) is 17.4 Å². The molecule has 0 radical (unpaired) electrons. The molecule has 0 saturated heterocycles. The summed E-state index contributed by atoms with van der Waals surface area (Å²) in [6.45, 7) is 18.1. The fraction of sp³-hybridized carbons (Fsp3) is 0.933. The largest absolute Gasteiger partial charge is 0.460 e. The molecule has 0 heterocycles. The minimum Gasteiger partial charge on any atom is -0.460 e. The molecule has 0 unspecified atom stereocenters. The van der Waals surface area contributed by atoms with E-state index in [1.54, 1.807) is 0 Å². The zero-order valence-electron chi connectivity index (χ0n) is 14.5. The third kappa shape index (κ3) is 8.71. The van der Waals surface area contributed by atoms with Crippen LogP contribution >= 0.6 is 0 Å². The predicted octanol–water partition coefficient (Wildman–Crippen LogP) is 3.76. The second-order valence-corrected chi connectivity index (χ2v) is 12.4. The minimum atomic E-state index is -1.69. The van der Waals surface area contributed by atoms with Gasteiger partial charge in [0.1, 0.15) is 5.60 Å². The van der Waals surface area contributed by atoms with Crippen molar-refractivity contribution in [1.29, 1.82) is 0 Å². The van der Waals surface area contributed by atoms with Gasteiger partial charge in [0.05, 0.1) is 26.2 Å². The lowest BCUT2D eigenvalue weighted by Crippen LogP contribution is -2.41. The molecule has 0 N–H and O–H groups in total. The topological polar surface area (TPSA) is 44.8 Å². The summed E-state index contributed by atoms with van der Waals surface area (Å²) in [6, 6.07) is 0. The van der Waals surface area contributed by atoms with Crippen LogP contribution in [0, 0.1) is 0 Å². The van der Waals surface area contributed by atoms with E-state index in [2.05, 4.69) is 33.9 Å². The summed E-state index contributed by atoms with van der Waals surface area (Å²) in [5.41, 5.74) is -0.428. The van der Waals surface area contributed by atoms with E-state index in [4.69, 9.17) is 13.9 Å². The Morgan fingerprint density at radius 1 is 0.950 bits per heavy atom. The smallest absolute Gasteiger partial charge is 0.308 e. The Morgan fingerprint density at radius 3 is 1.95 bits per heavy atom. The van der Waals surface area contributed by atoms with Crippen LogP contribution in [0.15, 0.2) is 0 Å². The number of carbonyl (C=O) groups is 1. The second kappa shape index (κ2) is 7.57. The van der Waals surface area contributed by atoms with Crippen LogP contribution in [0.3, 0.4) is 0 Å². The first-order valence-corrected chi connectivity index (χ1v) is 10.2. The first-order chi connectivity index (χ1) is 8.85. The highest BCUT2D eigenvalue weighted by molar-refractivity contribution is 6.74. The maximum absolute atomic E-state index is 11.5. The molecule has 0 bridgehead atoms. The van der Waals surface area contributed by atoms with Gasteiger partial charge in [0.2, 0.25) is 0 Å². The molecule has 20 heavy (non-hydrogen) atoms. The molecule has 120 valence electrons. The highest BCUT2D eigenvalue weighted by Crippen LogP contribution is 2.36. The normalized spacial score (nSPS) is 13.4. The zero-order valence-corrected chi connectivity index (χ0v) is 15.5. The Balaban J connectivity index is 3.72. The van der Waals surface area contributed by atoms with Gasteiger partial charge >= 0.3 is 5.97 Å². The van der Waals surface area contributed by atoms with Crippen LogP contribution in [0.4, 0.5) is 0 Å². The second-order valence-electron chi connectivity index (χ2n) is 7.56. The maximum Gasteiger partial charge on any atom is 0.308 e. The van der Waals surface area contributed by atoms with Gasteiger partial charge in [-0.3, -0.25) is 4.79 Å². The zero-order chi connectivity index (χ0) is 16.0. The number of esters is 1. The molecule has 0 spiro atoms. The first-order valence-electron chi connectivity index (χ1n) is 7.29. The van der Waals surface area contributed by atoms with Gasteiger partial charge < -0.3 is 13.9 Å². The van der Waals surface area contributed by atoms with Gasteiger partial charge in [-0.15, -0.1) is 0 Å². The standard InChI is InChI=1S/C15H32O4Si/c1-14(2,3)19-13(16)9-10-17-11-12-18-20(7,8)15(4,5)6/h9-12H2,1-8H3. The van der Waals surface area contributed by atoms with E-state index >= 15 is 0 Å². The van der Waals surface area contributed by atoms with Gasteiger partial charge in [0.25, 0.3) is 0 Å². The summed E-state index contributed by atoms with van der Waals surface area (Å²) < 4.78 is 16.6. The van der Waals surface area contributed by atoms with Crippen LogP contribution in [0.25, 0.3) is 0 Å². The Kier molecular flexibility index (Phi) is 7.42. The molecule has 0 aliphatic carbocycles. The van der Waals surface area contributed by atoms with Gasteiger partial charge in [-0.2, -0.15) is 0 Å². The Hall–Kier alpha value is -0.393. The lowest BCUT2D eigenvalue weighted by molar-refractivity contribution is -0.156. The molecule has 0 aliphatic rings. The first kappa shape index (κ1) is 19.6. The van der Waals surface area contributed by atoms with Crippen molar-refractivity contribution < 1.29 is 18.7 Å². The fourth-order valence-electron chi connectivity index (χ4n) is 1.22. The summed E-state index contributed by atoms with van der Waals surface area (Å²) >= 11 is 0. The van der Waals surface area contributed by atoms with Gasteiger partial charge in [-0.25, -0.2) is 0 Å². The van der Waals surface area contributed by atoms with E-state index in [1.165, 1.54) is 0 Å². The van der Waals surface area contributed by atoms with E-state index in [0.717, 1.165) is 0 Å². The Labute approximate surface area is 125 Å². The van der Waals surface area contributed by atoms with E-state index < -0.39 is 13.9 Å². The quantitative estimate of drug-likeness (QED) is 0.408. The van der Waals surface area contributed by atoms with Crippen molar-refractivity contribution in [2.24, 2.45) is 0 Å². The van der Waals surface area contributed by atoms with Crippen molar-refractivity contribution in [3.05, 3.63) is 0 Å². The number of hydrogen-bond donors (Lipinski definition) is 0. The van der Waals surface area contributed by atoms with Crippen LogP contribution in [0.2, 0.25) is 18.1 Å². The van der Waals surface area contributed by atoms with Crippen molar-refractivity contribution in [2.45, 2.75) is 71.7 Å². The average molecular weight is 305 g/mol. The molecule has 0 fully saturated rings. The SMILES string of the molecule is CC(C)(C)OC(=O)CCOCCO[Si](C)(C)C(C)(C)C. The molecule has 5 heteroatoms. The predicted molar refractivity (Wildman–Crippen MR) is 84.4 cm³/mol. The van der Waals surface area contributed by atoms with Crippen molar-refractivity contribution in [2.75, 3.05) is 19.8 Å². The van der Waals surface area contributed by atoms with Crippen molar-refractivity contribution in [3.8, 4) is 0 Å². The monoisotopic (exact) mass is 304 g/mol. The van der Waals surface area contributed by atoms with Crippen molar-refractivity contribution in [1.82, 2.24) is 0 Å². The summed E-state index contributed by atoms with van der Waals surface area (Å²) in [5.74, 6) is -0.220. The van der Waals surface area contributed by atoms with Gasteiger partial charge in [0, 0.05) is 0 Å². The molecule has 0 aliphatic heterocycles. The molecule has 0 amide bonds. The highest BCUT2D eigenvalue weighted by Gasteiger charge is 2.36. The highest BCUT2D eigenvalue weighted by atomic mass is 28.4. The van der Waals surface area contributed by atoms with Crippen molar-refractivity contribution in [3.63, 3.8) is 0 Å². The molecular weight excluding hydrogens is 272 g/mol. The average Bonchev–Trinajstić information content (AvgIpc) is 2.18. The molecule has 0 aromatic rings. The number of carbonyl (C=O) groups excluding carboxylic acids is 1. The molecule has 0 atom stereocenters. The molecule has 0 saturated carbocycles. The van der Waals surface area contributed by atoms with Gasteiger partial charge in [0.15, 0.2) is 8.32 Å². The minimum absolute atomic E-state index is 0.212. The maximum atomic E-state index is 11.5. The van der Waals surface area contributed by atoms with Crippen molar-refractivity contribution >= 4 is 14.3 Å². The van der Waals surface area contributed by atoms with E-state index in [0.29, 0.717) is 19.8 Å². The lowest BCUT2D eigenvalue weighted by Gasteiger charge is -2.36. The molecule has 0 rings (SSSR count). The number of rotatable bonds is 7. The summed E-state index contributed by atoms with van der Waals surface area (Å²) in [5, 5.41) is 0.212. The number of ether oxygens (including phenoxy) is 2. The summed E-state index contributed by atoms with van der Waals surface area (Å²) in [4.78, 5) is 11.5. The Bertz CT molecular complexity index is 300. The fourth-order valence-corrected chi connectivity index (χ4v) is 2.25. The summed E-state index contributed by atoms with van der Waals surface area (Å²) in [7, 11) is -1.69. The van der Waals surface area contributed by atoms with Crippen LogP contribution in [0.5, 0.6) is 0 Å². The van der Waals surface area contributed by atoms with Crippen LogP contribution in [-0.4, -0.2) is 39.7 Å². The molecule has 0 aromatic carbocycles. The van der Waals surface area contributed by atoms with Gasteiger partial charge in [-0.1, -0.05) is 20.8 Å². The molecule has 4 nitrogen and oxygen atoms in total. The van der Waals surface area contributed by atoms with E-state index in [9.17, 15) is 4.79 Å². The summed E-state index contributed by atoms with van der Waals surface area (Å²) in [6.07, 6.45) is 0.289. The lowest BCUT2D eigenvalue weighted by atomic mass is 10.2. The number of hydrogen-bond acceptors (Lipinski definition) is 4. The third-order valence-corrected chi connectivity index (χ3v) is 7.91. The molecular formula is C15H32O4Si. The molecule has 0 aromatic heterocycles. The van der Waals surface area contributed by atoms with Crippen LogP contribution in [0.1, 0.15) is 48.0 Å². The Morgan fingerprint density at radius 2 is 1.50 bits per heavy atom. The van der Waals surface area contributed by atoms with Crippen LogP contribution in [-0.2, 0) is 18.7 Å². The van der Waals surface area contributed by atoms with E-state index in [1.807, 2.05) is 20.8 Å². The van der Waals surface area contributed by atoms with Crippen LogP contribution < -0.4 is 0 Å². The van der Waals surface area contributed by atoms with Gasteiger partial charge in [-0.05, 0) is 38.9 Å². The third-order valence-electron chi connectivity index (χ3n) is 3.37.